The summed E-state index contributed by atoms with van der Waals surface area (Å²) in [5.74, 6) is 1.81. The number of rotatable bonds is 6. The van der Waals surface area contributed by atoms with Crippen LogP contribution < -0.4 is 10.2 Å². The smallest absolute Gasteiger partial charge is 0.257 e. The summed E-state index contributed by atoms with van der Waals surface area (Å²) in [4.78, 5) is 17.6. The lowest BCUT2D eigenvalue weighted by atomic mass is 10.0. The lowest BCUT2D eigenvalue weighted by Crippen LogP contribution is -2.45. The van der Waals surface area contributed by atoms with Gasteiger partial charge in [0.25, 0.3) is 5.91 Å². The molecule has 1 saturated carbocycles. The van der Waals surface area contributed by atoms with Crippen molar-refractivity contribution in [3.63, 3.8) is 0 Å². The zero-order valence-electron chi connectivity index (χ0n) is 18.1. The molecule has 1 saturated heterocycles. The molecule has 0 bridgehead atoms. The minimum Gasteiger partial charge on any atom is -0.467 e. The summed E-state index contributed by atoms with van der Waals surface area (Å²) in [6.07, 6.45) is 7.56. The molecule has 2 aliphatic heterocycles. The van der Waals surface area contributed by atoms with Crippen molar-refractivity contribution in [2.24, 2.45) is 5.92 Å². The van der Waals surface area contributed by atoms with Gasteiger partial charge in [-0.05, 0) is 69.2 Å². The van der Waals surface area contributed by atoms with Gasteiger partial charge in [-0.25, -0.2) is 0 Å². The molecule has 5 rings (SSSR count). The third-order valence-electron chi connectivity index (χ3n) is 6.81. The van der Waals surface area contributed by atoms with Crippen LogP contribution in [0.15, 0.2) is 41.0 Å². The maximum Gasteiger partial charge on any atom is 0.257 e. The number of likely N-dealkylation sites (tertiary alicyclic amines) is 1. The van der Waals surface area contributed by atoms with Crippen LogP contribution in [-0.4, -0.2) is 42.5 Å². The molecule has 1 amide bonds. The third kappa shape index (κ3) is 5.21. The second-order valence-electron chi connectivity index (χ2n) is 8.99. The molecule has 1 aromatic heterocycles. The maximum atomic E-state index is 13.2. The molecule has 5 nitrogen and oxygen atoms in total. The van der Waals surface area contributed by atoms with Crippen molar-refractivity contribution >= 4 is 36.4 Å². The first-order chi connectivity index (χ1) is 14.2. The number of amides is 1. The Morgan fingerprint density at radius 2 is 1.84 bits per heavy atom. The minimum absolute atomic E-state index is 0. The van der Waals surface area contributed by atoms with Crippen LogP contribution in [0.2, 0.25) is 0 Å². The van der Waals surface area contributed by atoms with Crippen molar-refractivity contribution < 1.29 is 9.21 Å². The molecular weight excluding hydrogens is 433 g/mol. The summed E-state index contributed by atoms with van der Waals surface area (Å²) in [6, 6.07) is 11.4. The highest BCUT2D eigenvalue weighted by molar-refractivity contribution is 5.95. The molecule has 2 fully saturated rings. The Balaban J connectivity index is 0.00000136. The van der Waals surface area contributed by atoms with E-state index in [1.54, 1.807) is 6.26 Å². The maximum absolute atomic E-state index is 13.2. The van der Waals surface area contributed by atoms with Crippen molar-refractivity contribution in [2.45, 2.75) is 57.7 Å². The van der Waals surface area contributed by atoms with Gasteiger partial charge in [-0.2, -0.15) is 0 Å². The first-order valence-corrected chi connectivity index (χ1v) is 11.1. The molecule has 3 heterocycles. The molecule has 1 N–H and O–H groups in total. The Morgan fingerprint density at radius 3 is 2.58 bits per heavy atom. The van der Waals surface area contributed by atoms with E-state index in [4.69, 9.17) is 4.42 Å². The molecule has 1 unspecified atom stereocenters. The number of nitrogens with one attached hydrogen (secondary N) is 1. The van der Waals surface area contributed by atoms with Gasteiger partial charge in [0.15, 0.2) is 0 Å². The normalized spacial score (nSPS) is 20.7. The molecule has 3 aliphatic rings. The fraction of sp³-hybridized carbons (Fsp3) is 0.542. The highest BCUT2D eigenvalue weighted by Gasteiger charge is 2.30. The summed E-state index contributed by atoms with van der Waals surface area (Å²) in [6.45, 7) is 5.69. The number of hydrogen-bond donors (Lipinski definition) is 1. The summed E-state index contributed by atoms with van der Waals surface area (Å²) in [5.41, 5.74) is 3.36. The molecule has 1 aliphatic carbocycles. The number of benzene rings is 1. The molecule has 31 heavy (non-hydrogen) atoms. The Bertz CT molecular complexity index is 875. The number of piperidine rings is 1. The number of fused-ring (bicyclic) bond motifs is 1. The minimum atomic E-state index is 0. The van der Waals surface area contributed by atoms with Gasteiger partial charge in [-0.3, -0.25) is 4.79 Å². The fourth-order valence-electron chi connectivity index (χ4n) is 4.79. The Morgan fingerprint density at radius 1 is 1.10 bits per heavy atom. The highest BCUT2D eigenvalue weighted by Crippen LogP contribution is 2.34. The van der Waals surface area contributed by atoms with Crippen LogP contribution in [0.5, 0.6) is 0 Å². The van der Waals surface area contributed by atoms with Crippen molar-refractivity contribution in [3.8, 4) is 0 Å². The Hall–Kier alpha value is -1.69. The zero-order valence-corrected chi connectivity index (χ0v) is 19.7. The molecule has 2 aromatic rings. The topological polar surface area (TPSA) is 48.7 Å². The number of anilines is 1. The summed E-state index contributed by atoms with van der Waals surface area (Å²) in [7, 11) is 0. The van der Waals surface area contributed by atoms with E-state index < -0.39 is 0 Å². The molecule has 7 heteroatoms. The number of halogens is 2. The van der Waals surface area contributed by atoms with Gasteiger partial charge < -0.3 is 19.5 Å². The predicted octanol–water partition coefficient (Wildman–Crippen LogP) is 4.68. The number of carbonyl (C=O) groups excluding carboxylic acids is 1. The highest BCUT2D eigenvalue weighted by atomic mass is 35.5. The lowest BCUT2D eigenvalue weighted by Gasteiger charge is -2.32. The van der Waals surface area contributed by atoms with Gasteiger partial charge in [-0.15, -0.1) is 24.8 Å². The van der Waals surface area contributed by atoms with Crippen LogP contribution >= 0.6 is 24.8 Å². The van der Waals surface area contributed by atoms with Crippen LogP contribution in [0, 0.1) is 5.92 Å². The van der Waals surface area contributed by atoms with Crippen molar-refractivity contribution in [1.29, 1.82) is 0 Å². The van der Waals surface area contributed by atoms with E-state index in [0.717, 1.165) is 56.1 Å². The van der Waals surface area contributed by atoms with E-state index >= 15 is 0 Å². The van der Waals surface area contributed by atoms with E-state index in [0.29, 0.717) is 18.6 Å². The largest absolute Gasteiger partial charge is 0.467 e. The van der Waals surface area contributed by atoms with Crippen molar-refractivity contribution in [1.82, 2.24) is 10.2 Å². The Kier molecular flexibility index (Phi) is 7.95. The second-order valence-corrected chi connectivity index (χ2v) is 8.99. The molecular formula is C24H33Cl2N3O2. The summed E-state index contributed by atoms with van der Waals surface area (Å²) in [5, 5.41) is 3.69. The number of furan rings is 1. The van der Waals surface area contributed by atoms with Gasteiger partial charge in [0.05, 0.1) is 18.4 Å². The van der Waals surface area contributed by atoms with Crippen molar-refractivity contribution in [3.05, 3.63) is 53.5 Å². The van der Waals surface area contributed by atoms with Gasteiger partial charge in [-0.1, -0.05) is 18.2 Å². The monoisotopic (exact) mass is 465 g/mol. The Labute approximate surface area is 197 Å². The molecule has 1 atom stereocenters. The average Bonchev–Trinajstić information content (AvgIpc) is 3.37. The molecule has 0 spiro atoms. The van der Waals surface area contributed by atoms with E-state index in [1.807, 2.05) is 11.0 Å². The van der Waals surface area contributed by atoms with Gasteiger partial charge in [0.2, 0.25) is 0 Å². The van der Waals surface area contributed by atoms with Gasteiger partial charge >= 0.3 is 0 Å². The fourth-order valence-corrected chi connectivity index (χ4v) is 4.79. The predicted molar refractivity (Wildman–Crippen MR) is 129 cm³/mol. The zero-order chi connectivity index (χ0) is 19.8. The van der Waals surface area contributed by atoms with E-state index in [9.17, 15) is 4.79 Å². The standard InChI is InChI=1S/C24H31N3O2.2ClH/c1-17-14-19-4-2-3-5-22(19)27(17)16-23-21(10-13-29-23)24(28)26-11-8-20(9-12-26)25-15-18-6-7-18;;/h2-5,10,13,17-18,20,25H,6-9,11-12,14-16H2,1H3;2*1H. The molecule has 170 valence electrons. The molecule has 0 radical (unpaired) electrons. The summed E-state index contributed by atoms with van der Waals surface area (Å²) < 4.78 is 5.79. The number of carbonyl (C=O) groups is 1. The lowest BCUT2D eigenvalue weighted by molar-refractivity contribution is 0.0702. The third-order valence-corrected chi connectivity index (χ3v) is 6.81. The van der Waals surface area contributed by atoms with E-state index in [2.05, 4.69) is 41.4 Å². The second kappa shape index (κ2) is 10.3. The number of nitrogens with zero attached hydrogens (tertiary/aromatic N) is 2. The van der Waals surface area contributed by atoms with Crippen LogP contribution in [-0.2, 0) is 13.0 Å². The first-order valence-electron chi connectivity index (χ1n) is 11.1. The van der Waals surface area contributed by atoms with E-state index in [-0.39, 0.29) is 30.7 Å². The number of hydrogen-bond acceptors (Lipinski definition) is 4. The summed E-state index contributed by atoms with van der Waals surface area (Å²) >= 11 is 0. The quantitative estimate of drug-likeness (QED) is 0.672. The molecule has 1 aromatic carbocycles. The van der Waals surface area contributed by atoms with E-state index in [1.165, 1.54) is 24.1 Å². The van der Waals surface area contributed by atoms with Gasteiger partial charge in [0.1, 0.15) is 5.76 Å². The van der Waals surface area contributed by atoms with Gasteiger partial charge in [0, 0.05) is 30.9 Å². The SMILES string of the molecule is CC1Cc2ccccc2N1Cc1occc1C(=O)N1CCC(NCC2CC2)CC1.Cl.Cl. The van der Waals surface area contributed by atoms with Crippen LogP contribution in [0.4, 0.5) is 5.69 Å². The average molecular weight is 466 g/mol. The van der Waals surface area contributed by atoms with Crippen molar-refractivity contribution in [2.75, 3.05) is 24.5 Å². The van der Waals surface area contributed by atoms with Crippen LogP contribution in [0.25, 0.3) is 0 Å². The van der Waals surface area contributed by atoms with Crippen LogP contribution in [0.1, 0.15) is 54.3 Å². The number of para-hydroxylation sites is 1. The first kappa shape index (κ1) is 24.0. The van der Waals surface area contributed by atoms with Crippen LogP contribution in [0.3, 0.4) is 0 Å².